The van der Waals surface area contributed by atoms with Crippen LogP contribution in [0, 0.1) is 0 Å². The number of rotatable bonds is 8. The van der Waals surface area contributed by atoms with Crippen molar-refractivity contribution >= 4 is 34.8 Å². The molecule has 1 aliphatic heterocycles. The second-order valence-electron chi connectivity index (χ2n) is 9.34. The molecule has 3 amide bonds. The van der Waals surface area contributed by atoms with Gasteiger partial charge in [-0.3, -0.25) is 14.4 Å². The van der Waals surface area contributed by atoms with Crippen LogP contribution in [0.4, 0.5) is 17.1 Å². The molecule has 0 atom stereocenters. The van der Waals surface area contributed by atoms with Crippen LogP contribution in [0.5, 0.6) is 5.75 Å². The summed E-state index contributed by atoms with van der Waals surface area (Å²) in [5.74, 6) is 0.0285. The Morgan fingerprint density at radius 3 is 2.49 bits per heavy atom. The fourth-order valence-electron chi connectivity index (χ4n) is 4.48. The number of carbonyl (C=O) groups excluding carboxylic acids is 3. The first kappa shape index (κ1) is 24.4. The van der Waals surface area contributed by atoms with Crippen LogP contribution in [0.1, 0.15) is 51.6 Å². The van der Waals surface area contributed by atoms with Crippen LogP contribution in [-0.4, -0.2) is 42.3 Å². The average molecular weight is 499 g/mol. The molecule has 3 N–H and O–H groups in total. The Labute approximate surface area is 216 Å². The monoisotopic (exact) mass is 498 g/mol. The van der Waals surface area contributed by atoms with Gasteiger partial charge in [-0.1, -0.05) is 25.1 Å². The van der Waals surface area contributed by atoms with E-state index in [0.29, 0.717) is 29.1 Å². The lowest BCUT2D eigenvalue weighted by molar-refractivity contribution is -0.118. The van der Waals surface area contributed by atoms with Gasteiger partial charge in [0.15, 0.2) is 6.61 Å². The zero-order valence-electron chi connectivity index (χ0n) is 21.0. The number of anilines is 3. The zero-order valence-corrected chi connectivity index (χ0v) is 21.0. The Morgan fingerprint density at radius 1 is 1.03 bits per heavy atom. The van der Waals surface area contributed by atoms with Crippen molar-refractivity contribution < 1.29 is 19.1 Å². The number of nitrogens with one attached hydrogen (secondary N) is 3. The summed E-state index contributed by atoms with van der Waals surface area (Å²) in [4.78, 5) is 39.6. The molecule has 1 fully saturated rings. The van der Waals surface area contributed by atoms with Crippen LogP contribution in [0.2, 0.25) is 0 Å². The minimum absolute atomic E-state index is 0.0579. The van der Waals surface area contributed by atoms with Gasteiger partial charge in [0, 0.05) is 42.1 Å². The number of hydrogen-bond acceptors (Lipinski definition) is 5. The van der Waals surface area contributed by atoms with Gasteiger partial charge in [-0.2, -0.15) is 0 Å². The molecule has 1 aliphatic carbocycles. The second kappa shape index (κ2) is 10.3. The predicted molar refractivity (Wildman–Crippen MR) is 143 cm³/mol. The van der Waals surface area contributed by atoms with E-state index in [1.165, 1.54) is 5.56 Å². The molecule has 190 valence electrons. The maximum atomic E-state index is 13.4. The Balaban J connectivity index is 1.26. The van der Waals surface area contributed by atoms with Crippen molar-refractivity contribution in [1.82, 2.24) is 4.90 Å². The fraction of sp³-hybridized carbons (Fsp3) is 0.276. The highest BCUT2D eigenvalue weighted by Crippen LogP contribution is 2.33. The Bertz CT molecular complexity index is 1350. The van der Waals surface area contributed by atoms with E-state index in [0.717, 1.165) is 36.2 Å². The maximum Gasteiger partial charge on any atom is 0.262 e. The van der Waals surface area contributed by atoms with Crippen molar-refractivity contribution in [3.8, 4) is 5.75 Å². The van der Waals surface area contributed by atoms with Crippen molar-refractivity contribution in [3.63, 3.8) is 0 Å². The number of aryl methyl sites for hydroxylation is 1. The van der Waals surface area contributed by atoms with Crippen LogP contribution in [0.15, 0.2) is 60.7 Å². The van der Waals surface area contributed by atoms with Crippen LogP contribution in [0.3, 0.4) is 0 Å². The molecule has 0 bridgehead atoms. The third kappa shape index (κ3) is 5.43. The number of hydrogen-bond donors (Lipinski definition) is 3. The summed E-state index contributed by atoms with van der Waals surface area (Å²) < 4.78 is 5.48. The normalized spacial score (nSPS) is 14.2. The SMILES string of the molecule is CCc1ccc(NC(=O)c2ccc(CN(C(=O)c3ccc4c(c3)OCC(=O)N4)C3CC3)cc2)cc1NC. The Hall–Kier alpha value is -4.33. The molecule has 0 spiro atoms. The van der Waals surface area contributed by atoms with Gasteiger partial charge in [-0.25, -0.2) is 0 Å². The molecule has 1 saturated carbocycles. The molecule has 5 rings (SSSR count). The summed E-state index contributed by atoms with van der Waals surface area (Å²) in [5, 5.41) is 8.87. The standard InChI is InChI=1S/C29H30N4O4/c1-3-19-8-10-22(15-25(19)30-2)31-28(35)20-6-4-18(5-7-20)16-33(23-11-12-23)29(36)21-9-13-24-26(14-21)37-17-27(34)32-24/h4-10,13-15,23,30H,3,11-12,16-17H2,1-2H3,(H,31,35)(H,32,34). The van der Waals surface area contributed by atoms with Gasteiger partial charge in [0.2, 0.25) is 0 Å². The largest absolute Gasteiger partial charge is 0.482 e. The number of carbonyl (C=O) groups is 3. The Morgan fingerprint density at radius 2 is 1.78 bits per heavy atom. The quantitative estimate of drug-likeness (QED) is 0.419. The molecule has 8 heteroatoms. The molecular formula is C29H30N4O4. The van der Waals surface area contributed by atoms with Gasteiger partial charge in [0.25, 0.3) is 17.7 Å². The minimum atomic E-state index is -0.208. The predicted octanol–water partition coefficient (Wildman–Crippen LogP) is 4.68. The fourth-order valence-corrected chi connectivity index (χ4v) is 4.48. The van der Waals surface area contributed by atoms with E-state index in [1.54, 1.807) is 30.3 Å². The summed E-state index contributed by atoms with van der Waals surface area (Å²) >= 11 is 0. The van der Waals surface area contributed by atoms with Crippen molar-refractivity contribution in [2.45, 2.75) is 38.8 Å². The van der Waals surface area contributed by atoms with Gasteiger partial charge in [0.1, 0.15) is 5.75 Å². The zero-order chi connectivity index (χ0) is 25.9. The summed E-state index contributed by atoms with van der Waals surface area (Å²) in [6, 6.07) is 18.5. The van der Waals surface area contributed by atoms with E-state index in [4.69, 9.17) is 4.74 Å². The van der Waals surface area contributed by atoms with E-state index in [9.17, 15) is 14.4 Å². The summed E-state index contributed by atoms with van der Waals surface area (Å²) in [7, 11) is 1.87. The number of benzene rings is 3. The smallest absolute Gasteiger partial charge is 0.262 e. The lowest BCUT2D eigenvalue weighted by Crippen LogP contribution is -2.33. The third-order valence-electron chi connectivity index (χ3n) is 6.70. The van der Waals surface area contributed by atoms with Gasteiger partial charge in [0.05, 0.1) is 5.69 Å². The number of amides is 3. The number of nitrogens with zero attached hydrogens (tertiary/aromatic N) is 1. The van der Waals surface area contributed by atoms with Gasteiger partial charge < -0.3 is 25.6 Å². The van der Waals surface area contributed by atoms with Gasteiger partial charge >= 0.3 is 0 Å². The van der Waals surface area contributed by atoms with Crippen molar-refractivity contribution in [2.24, 2.45) is 0 Å². The van der Waals surface area contributed by atoms with Crippen molar-refractivity contribution in [3.05, 3.63) is 82.9 Å². The minimum Gasteiger partial charge on any atom is -0.482 e. The number of fused-ring (bicyclic) bond motifs is 1. The van der Waals surface area contributed by atoms with Crippen LogP contribution in [-0.2, 0) is 17.8 Å². The molecule has 0 unspecified atom stereocenters. The van der Waals surface area contributed by atoms with Crippen molar-refractivity contribution in [1.29, 1.82) is 0 Å². The van der Waals surface area contributed by atoms with Crippen LogP contribution in [0.25, 0.3) is 0 Å². The average Bonchev–Trinajstić information content (AvgIpc) is 3.76. The summed E-state index contributed by atoms with van der Waals surface area (Å²) in [6.07, 6.45) is 2.84. The van der Waals surface area contributed by atoms with E-state index < -0.39 is 0 Å². The molecule has 0 aromatic heterocycles. The van der Waals surface area contributed by atoms with Gasteiger partial charge in [-0.05, 0) is 72.9 Å². The molecule has 0 saturated heterocycles. The lowest BCUT2D eigenvalue weighted by atomic mass is 10.1. The molecular weight excluding hydrogens is 468 g/mol. The highest BCUT2D eigenvalue weighted by atomic mass is 16.5. The molecule has 0 radical (unpaired) electrons. The van der Waals surface area contributed by atoms with Gasteiger partial charge in [-0.15, -0.1) is 0 Å². The van der Waals surface area contributed by atoms with E-state index in [1.807, 2.05) is 42.3 Å². The highest BCUT2D eigenvalue weighted by molar-refractivity contribution is 6.04. The highest BCUT2D eigenvalue weighted by Gasteiger charge is 2.33. The maximum absolute atomic E-state index is 13.4. The molecule has 2 aliphatic rings. The first-order valence-corrected chi connectivity index (χ1v) is 12.5. The first-order valence-electron chi connectivity index (χ1n) is 12.5. The van der Waals surface area contributed by atoms with Crippen molar-refractivity contribution in [2.75, 3.05) is 29.6 Å². The first-order chi connectivity index (χ1) is 17.9. The molecule has 37 heavy (non-hydrogen) atoms. The molecule has 1 heterocycles. The lowest BCUT2D eigenvalue weighted by Gasteiger charge is -2.24. The molecule has 3 aromatic carbocycles. The second-order valence-corrected chi connectivity index (χ2v) is 9.34. The Kier molecular flexibility index (Phi) is 6.81. The van der Waals surface area contributed by atoms with Crippen LogP contribution >= 0.6 is 0 Å². The van der Waals surface area contributed by atoms with E-state index in [-0.39, 0.29) is 30.4 Å². The summed E-state index contributed by atoms with van der Waals surface area (Å²) in [6.45, 7) is 2.48. The van der Waals surface area contributed by atoms with E-state index in [2.05, 4.69) is 22.9 Å². The third-order valence-corrected chi connectivity index (χ3v) is 6.70. The van der Waals surface area contributed by atoms with Crippen LogP contribution < -0.4 is 20.7 Å². The summed E-state index contributed by atoms with van der Waals surface area (Å²) in [5.41, 5.74) is 5.51. The van der Waals surface area contributed by atoms with E-state index >= 15 is 0 Å². The molecule has 8 nitrogen and oxygen atoms in total. The topological polar surface area (TPSA) is 99.8 Å². The molecule has 3 aromatic rings. The number of ether oxygens (including phenoxy) is 1.